The first-order valence-electron chi connectivity index (χ1n) is 2.31. The van der Waals surface area contributed by atoms with Crippen molar-refractivity contribution in [2.75, 3.05) is 6.61 Å². The lowest BCUT2D eigenvalue weighted by Crippen LogP contribution is -2.19. The predicted octanol–water partition coefficient (Wildman–Crippen LogP) is 1.45. The number of hydrogen-bond acceptors (Lipinski definition) is 5. The third kappa shape index (κ3) is 7.02. The average molecular weight is 194 g/mol. The van der Waals surface area contributed by atoms with E-state index >= 15 is 0 Å². The van der Waals surface area contributed by atoms with Gasteiger partial charge in [-0.1, -0.05) is 0 Å². The minimum atomic E-state index is -4.66. The van der Waals surface area contributed by atoms with E-state index in [4.69, 9.17) is 0 Å². The summed E-state index contributed by atoms with van der Waals surface area (Å²) >= 11 is 0. The third-order valence-electron chi connectivity index (χ3n) is 0.449. The third-order valence-corrected chi connectivity index (χ3v) is 0.449. The molecular weight excluding hydrogens is 192 g/mol. The Morgan fingerprint density at radius 2 is 1.83 bits per heavy atom. The van der Waals surface area contributed by atoms with Gasteiger partial charge in [-0.3, -0.25) is 4.89 Å². The highest BCUT2D eigenvalue weighted by atomic mass is 19.4. The van der Waals surface area contributed by atoms with Gasteiger partial charge in [0.25, 0.3) is 0 Å². The maximum absolute atomic E-state index is 11.2. The Morgan fingerprint density at radius 1 is 1.25 bits per heavy atom. The van der Waals surface area contributed by atoms with Crippen LogP contribution in [0.15, 0.2) is 0 Å². The Bertz CT molecular complexity index is 144. The fraction of sp³-hybridized carbons (Fsp3) is 0.667. The molecule has 0 aliphatic heterocycles. The molecule has 0 spiro atoms. The number of hydrogen-bond donors (Lipinski definition) is 0. The second-order valence-electron chi connectivity index (χ2n) is 1.36. The summed E-state index contributed by atoms with van der Waals surface area (Å²) < 4.78 is 44.3. The molecule has 72 valence electrons. The number of halogens is 4. The summed E-state index contributed by atoms with van der Waals surface area (Å²) in [5.41, 5.74) is 0. The van der Waals surface area contributed by atoms with E-state index in [0.717, 1.165) is 0 Å². The van der Waals surface area contributed by atoms with E-state index in [2.05, 4.69) is 19.8 Å². The smallest absolute Gasteiger partial charge is 0.257 e. The summed E-state index contributed by atoms with van der Waals surface area (Å²) in [4.78, 5) is 19.2. The van der Waals surface area contributed by atoms with Crippen LogP contribution in [0.3, 0.4) is 0 Å². The first kappa shape index (κ1) is 10.9. The fourth-order valence-corrected chi connectivity index (χ4v) is 0.184. The highest BCUT2D eigenvalue weighted by molar-refractivity contribution is 5.57. The number of carbonyl (C=O) groups is 1. The van der Waals surface area contributed by atoms with Crippen molar-refractivity contribution in [2.45, 2.75) is 6.18 Å². The van der Waals surface area contributed by atoms with Crippen molar-refractivity contribution in [3.63, 3.8) is 0 Å². The molecule has 0 aliphatic carbocycles. The summed E-state index contributed by atoms with van der Waals surface area (Å²) in [6.07, 6.45) is -6.54. The van der Waals surface area contributed by atoms with Crippen molar-refractivity contribution < 1.29 is 42.2 Å². The van der Waals surface area contributed by atoms with E-state index in [1.54, 1.807) is 0 Å². The molecule has 0 atom stereocenters. The first-order valence-corrected chi connectivity index (χ1v) is 2.31. The monoisotopic (exact) mass is 194 g/mol. The van der Waals surface area contributed by atoms with E-state index in [9.17, 15) is 22.5 Å². The molecule has 0 aromatic carbocycles. The first-order chi connectivity index (χ1) is 5.45. The molecule has 0 aromatic rings. The Labute approximate surface area is 62.5 Å². The van der Waals surface area contributed by atoms with Crippen molar-refractivity contribution in [3.05, 3.63) is 0 Å². The molecule has 0 bridgehead atoms. The maximum atomic E-state index is 11.2. The predicted molar refractivity (Wildman–Crippen MR) is 21.8 cm³/mol. The molecule has 12 heavy (non-hydrogen) atoms. The summed E-state index contributed by atoms with van der Waals surface area (Å²) in [6, 6.07) is 0. The topological polar surface area (TPSA) is 54.0 Å². The van der Waals surface area contributed by atoms with Crippen molar-refractivity contribution in [3.8, 4) is 0 Å². The van der Waals surface area contributed by atoms with Crippen LogP contribution in [0.4, 0.5) is 22.5 Å². The Morgan fingerprint density at radius 3 is 2.25 bits per heavy atom. The van der Waals surface area contributed by atoms with E-state index in [1.165, 1.54) is 0 Å². The van der Waals surface area contributed by atoms with Gasteiger partial charge in [-0.25, -0.2) is 4.89 Å². The van der Waals surface area contributed by atoms with Crippen molar-refractivity contribution in [2.24, 2.45) is 0 Å². The van der Waals surface area contributed by atoms with Crippen LogP contribution in [0.25, 0.3) is 0 Å². The number of alkyl halides is 3. The molecule has 0 saturated carbocycles. The largest absolute Gasteiger partial charge is 0.575 e. The zero-order valence-corrected chi connectivity index (χ0v) is 5.26. The Balaban J connectivity index is 3.37. The van der Waals surface area contributed by atoms with Crippen LogP contribution >= 0.6 is 0 Å². The van der Waals surface area contributed by atoms with Gasteiger partial charge in [-0.2, -0.15) is 22.9 Å². The van der Waals surface area contributed by atoms with Gasteiger partial charge in [0.1, 0.15) is 0 Å². The molecular formula is C3H2F4O5. The molecule has 0 unspecified atom stereocenters. The molecule has 5 nitrogen and oxygen atoms in total. The zero-order chi connectivity index (χ0) is 9.61. The molecule has 0 saturated heterocycles. The molecule has 0 fully saturated rings. The summed E-state index contributed by atoms with van der Waals surface area (Å²) in [5.74, 6) is 0. The lowest BCUT2D eigenvalue weighted by molar-refractivity contribution is -0.418. The minimum Gasteiger partial charge on any atom is -0.257 e. The fourth-order valence-electron chi connectivity index (χ4n) is 0.184. The van der Waals surface area contributed by atoms with E-state index in [1.807, 2.05) is 0 Å². The Kier molecular flexibility index (Phi) is 4.29. The van der Waals surface area contributed by atoms with Gasteiger partial charge in [-0.15, -0.1) is 0 Å². The number of rotatable bonds is 3. The highest BCUT2D eigenvalue weighted by Crippen LogP contribution is 2.14. The molecule has 0 rings (SSSR count). The lowest BCUT2D eigenvalue weighted by atomic mass is 10.7. The van der Waals surface area contributed by atoms with E-state index < -0.39 is 18.9 Å². The molecule has 0 heterocycles. The van der Waals surface area contributed by atoms with Crippen LogP contribution in [-0.2, 0) is 19.8 Å². The van der Waals surface area contributed by atoms with E-state index in [-0.39, 0.29) is 0 Å². The molecule has 0 aromatic heterocycles. The van der Waals surface area contributed by atoms with Gasteiger partial charge in [0.2, 0.25) is 0 Å². The molecule has 0 N–H and O–H groups in total. The van der Waals surface area contributed by atoms with Gasteiger partial charge < -0.3 is 0 Å². The summed E-state index contributed by atoms with van der Waals surface area (Å²) in [6.45, 7) is -1.83. The lowest BCUT2D eigenvalue weighted by Gasteiger charge is -2.03. The van der Waals surface area contributed by atoms with Crippen LogP contribution in [0.1, 0.15) is 0 Å². The normalized spacial score (nSPS) is 11.0. The molecule has 0 radical (unpaired) electrons. The summed E-state index contributed by atoms with van der Waals surface area (Å²) in [7, 11) is 0. The minimum absolute atomic E-state index is 1.83. The molecule has 0 amide bonds. The van der Waals surface area contributed by atoms with E-state index in [0.29, 0.717) is 0 Å². The van der Waals surface area contributed by atoms with Gasteiger partial charge in [0.05, 0.1) is 0 Å². The molecule has 0 aliphatic rings. The van der Waals surface area contributed by atoms with Crippen LogP contribution in [0.5, 0.6) is 0 Å². The SMILES string of the molecule is O=C(OOF)OOCC(F)(F)F. The summed E-state index contributed by atoms with van der Waals surface area (Å²) in [5, 5.41) is 2.25. The highest BCUT2D eigenvalue weighted by Gasteiger charge is 2.29. The van der Waals surface area contributed by atoms with Crippen LogP contribution in [0, 0.1) is 0 Å². The van der Waals surface area contributed by atoms with Crippen LogP contribution in [0.2, 0.25) is 0 Å². The van der Waals surface area contributed by atoms with Gasteiger partial charge in [-0.05, 0) is 4.53 Å². The van der Waals surface area contributed by atoms with Crippen molar-refractivity contribution in [1.82, 2.24) is 0 Å². The van der Waals surface area contributed by atoms with Crippen molar-refractivity contribution >= 4 is 6.16 Å². The standard InChI is InChI=1S/C3H2F4O5/c4-3(5,6)1-9-10-2(8)11-12-7/h1H2. The van der Waals surface area contributed by atoms with Gasteiger partial charge in [0.15, 0.2) is 6.61 Å². The zero-order valence-electron chi connectivity index (χ0n) is 5.26. The quantitative estimate of drug-likeness (QED) is 0.386. The second kappa shape index (κ2) is 4.72. The average Bonchev–Trinajstić information content (AvgIpc) is 1.84. The number of carbonyl (C=O) groups excluding carboxylic acids is 1. The van der Waals surface area contributed by atoms with Crippen LogP contribution < -0.4 is 0 Å². The van der Waals surface area contributed by atoms with Crippen molar-refractivity contribution in [1.29, 1.82) is 0 Å². The second-order valence-corrected chi connectivity index (χ2v) is 1.36. The maximum Gasteiger partial charge on any atom is 0.575 e. The van der Waals surface area contributed by atoms with Gasteiger partial charge >= 0.3 is 12.3 Å². The van der Waals surface area contributed by atoms with Gasteiger partial charge in [0, 0.05) is 5.09 Å². The molecule has 9 heteroatoms. The van der Waals surface area contributed by atoms with Crippen LogP contribution in [-0.4, -0.2) is 18.9 Å². The Hall–Kier alpha value is -1.09.